The zero-order valence-electron chi connectivity index (χ0n) is 18.4. The molecular weight excluding hydrogens is 430 g/mol. The molecule has 0 aliphatic carbocycles. The first kappa shape index (κ1) is 23.6. The van der Waals surface area contributed by atoms with Gasteiger partial charge in [-0.05, 0) is 62.6 Å². The summed E-state index contributed by atoms with van der Waals surface area (Å²) in [6.45, 7) is 3.32. The van der Waals surface area contributed by atoms with Gasteiger partial charge in [0.25, 0.3) is 5.91 Å². The van der Waals surface area contributed by atoms with Gasteiger partial charge >= 0.3 is 0 Å². The highest BCUT2D eigenvalue weighted by Crippen LogP contribution is 2.23. The molecule has 1 heterocycles. The highest BCUT2D eigenvalue weighted by molar-refractivity contribution is 7.92. The van der Waals surface area contributed by atoms with E-state index in [0.717, 1.165) is 29.8 Å². The van der Waals surface area contributed by atoms with Crippen LogP contribution in [0.3, 0.4) is 0 Å². The molecule has 0 spiro atoms. The molecule has 32 heavy (non-hydrogen) atoms. The van der Waals surface area contributed by atoms with Crippen molar-refractivity contribution >= 4 is 33.2 Å². The van der Waals surface area contributed by atoms with Crippen LogP contribution in [0.4, 0.5) is 11.4 Å². The summed E-state index contributed by atoms with van der Waals surface area (Å²) in [6, 6.07) is 13.3. The first-order valence-electron chi connectivity index (χ1n) is 10.7. The third-order valence-electron chi connectivity index (χ3n) is 5.20. The number of ether oxygens (including phenoxy) is 1. The SMILES string of the molecule is CCOc1ccc(N(CC(=O)Nc2ccccc2C(=O)N2CCCCC2)S(C)(=O)=O)cc1. The number of hydrogen-bond acceptors (Lipinski definition) is 5. The van der Waals surface area contributed by atoms with Gasteiger partial charge in [-0.3, -0.25) is 13.9 Å². The number of benzene rings is 2. The van der Waals surface area contributed by atoms with E-state index < -0.39 is 22.5 Å². The van der Waals surface area contributed by atoms with Crippen LogP contribution < -0.4 is 14.4 Å². The third-order valence-corrected chi connectivity index (χ3v) is 6.34. The van der Waals surface area contributed by atoms with Crippen molar-refractivity contribution in [1.29, 1.82) is 0 Å². The van der Waals surface area contributed by atoms with E-state index in [1.807, 2.05) is 6.92 Å². The molecule has 2 aromatic rings. The van der Waals surface area contributed by atoms with Crippen LogP contribution in [0.5, 0.6) is 5.75 Å². The van der Waals surface area contributed by atoms with E-state index in [1.165, 1.54) is 0 Å². The normalized spacial score (nSPS) is 14.0. The van der Waals surface area contributed by atoms with Crippen molar-refractivity contribution in [2.75, 3.05) is 42.1 Å². The van der Waals surface area contributed by atoms with Crippen LogP contribution >= 0.6 is 0 Å². The molecule has 0 saturated carbocycles. The fraction of sp³-hybridized carbons (Fsp3) is 0.391. The largest absolute Gasteiger partial charge is 0.494 e. The first-order valence-corrected chi connectivity index (χ1v) is 12.5. The summed E-state index contributed by atoms with van der Waals surface area (Å²) in [5, 5.41) is 2.72. The summed E-state index contributed by atoms with van der Waals surface area (Å²) in [6.07, 6.45) is 4.08. The Morgan fingerprint density at radius 3 is 2.31 bits per heavy atom. The Morgan fingerprint density at radius 2 is 1.69 bits per heavy atom. The minimum absolute atomic E-state index is 0.132. The smallest absolute Gasteiger partial charge is 0.255 e. The Labute approximate surface area is 189 Å². The van der Waals surface area contributed by atoms with Crippen molar-refractivity contribution in [2.45, 2.75) is 26.2 Å². The van der Waals surface area contributed by atoms with Gasteiger partial charge in [-0.1, -0.05) is 12.1 Å². The summed E-state index contributed by atoms with van der Waals surface area (Å²) >= 11 is 0. The number of anilines is 2. The topological polar surface area (TPSA) is 96.0 Å². The van der Waals surface area contributed by atoms with Gasteiger partial charge in [0.15, 0.2) is 0 Å². The van der Waals surface area contributed by atoms with Crippen molar-refractivity contribution in [1.82, 2.24) is 4.90 Å². The second-order valence-electron chi connectivity index (χ2n) is 7.64. The first-order chi connectivity index (χ1) is 15.3. The Balaban J connectivity index is 1.76. The molecule has 172 valence electrons. The number of rotatable bonds is 8. The van der Waals surface area contributed by atoms with Gasteiger partial charge < -0.3 is 15.0 Å². The average molecular weight is 460 g/mol. The third kappa shape index (κ3) is 6.00. The summed E-state index contributed by atoms with van der Waals surface area (Å²) < 4.78 is 31.1. The van der Waals surface area contributed by atoms with Gasteiger partial charge in [0, 0.05) is 13.1 Å². The van der Waals surface area contributed by atoms with Crippen LogP contribution in [0.2, 0.25) is 0 Å². The standard InChI is InChI=1S/C23H29N3O5S/c1-3-31-19-13-11-18(12-14-19)26(32(2,29)30)17-22(27)24-21-10-6-5-9-20(21)23(28)25-15-7-4-8-16-25/h5-6,9-14H,3-4,7-8,15-17H2,1-2H3,(H,24,27). The number of carbonyl (C=O) groups is 2. The number of amides is 2. The number of nitrogens with one attached hydrogen (secondary N) is 1. The molecule has 1 saturated heterocycles. The van der Waals surface area contributed by atoms with Crippen molar-refractivity contribution in [3.63, 3.8) is 0 Å². The molecule has 0 bridgehead atoms. The van der Waals surface area contributed by atoms with E-state index in [1.54, 1.807) is 53.4 Å². The predicted octanol–water partition coefficient (Wildman–Crippen LogP) is 3.12. The molecule has 2 aromatic carbocycles. The molecule has 1 fully saturated rings. The van der Waals surface area contributed by atoms with E-state index in [0.29, 0.717) is 42.4 Å². The van der Waals surface area contributed by atoms with Gasteiger partial charge in [0.05, 0.1) is 29.8 Å². The van der Waals surface area contributed by atoms with Crippen molar-refractivity contribution in [3.8, 4) is 5.75 Å². The number of carbonyl (C=O) groups excluding carboxylic acids is 2. The number of likely N-dealkylation sites (tertiary alicyclic amines) is 1. The maximum atomic E-state index is 12.9. The van der Waals surface area contributed by atoms with E-state index in [-0.39, 0.29) is 5.91 Å². The number of sulfonamides is 1. The highest BCUT2D eigenvalue weighted by Gasteiger charge is 2.24. The second kappa shape index (κ2) is 10.5. The number of nitrogens with zero attached hydrogens (tertiary/aromatic N) is 2. The monoisotopic (exact) mass is 459 g/mol. The molecule has 0 radical (unpaired) electrons. The van der Waals surface area contributed by atoms with E-state index in [9.17, 15) is 18.0 Å². The molecule has 0 aromatic heterocycles. The van der Waals surface area contributed by atoms with Gasteiger partial charge in [-0.2, -0.15) is 0 Å². The molecule has 1 aliphatic rings. The number of para-hydroxylation sites is 1. The lowest BCUT2D eigenvalue weighted by molar-refractivity contribution is -0.114. The van der Waals surface area contributed by atoms with Gasteiger partial charge in [-0.15, -0.1) is 0 Å². The Kier molecular flexibility index (Phi) is 7.74. The fourth-order valence-electron chi connectivity index (χ4n) is 3.64. The summed E-state index contributed by atoms with van der Waals surface area (Å²) in [4.78, 5) is 27.5. The van der Waals surface area contributed by atoms with Crippen LogP contribution in [-0.4, -0.2) is 57.6 Å². The second-order valence-corrected chi connectivity index (χ2v) is 9.55. The lowest BCUT2D eigenvalue weighted by atomic mass is 10.1. The average Bonchev–Trinajstić information content (AvgIpc) is 2.78. The van der Waals surface area contributed by atoms with Crippen molar-refractivity contribution in [2.24, 2.45) is 0 Å². The van der Waals surface area contributed by atoms with Gasteiger partial charge in [0.1, 0.15) is 12.3 Å². The molecule has 8 nitrogen and oxygen atoms in total. The minimum Gasteiger partial charge on any atom is -0.494 e. The van der Waals surface area contributed by atoms with Gasteiger partial charge in [0.2, 0.25) is 15.9 Å². The zero-order chi connectivity index (χ0) is 23.1. The summed E-state index contributed by atoms with van der Waals surface area (Å²) in [5.41, 5.74) is 1.12. The van der Waals surface area contributed by atoms with Crippen LogP contribution in [0, 0.1) is 0 Å². The van der Waals surface area contributed by atoms with Gasteiger partial charge in [-0.25, -0.2) is 8.42 Å². The molecular formula is C23H29N3O5S. The quantitative estimate of drug-likeness (QED) is 0.654. The Hall–Kier alpha value is -3.07. The molecule has 3 rings (SSSR count). The molecule has 1 aliphatic heterocycles. The lowest BCUT2D eigenvalue weighted by Gasteiger charge is -2.27. The van der Waals surface area contributed by atoms with Crippen molar-refractivity contribution in [3.05, 3.63) is 54.1 Å². The predicted molar refractivity (Wildman–Crippen MR) is 125 cm³/mol. The maximum Gasteiger partial charge on any atom is 0.255 e. The Morgan fingerprint density at radius 1 is 1.03 bits per heavy atom. The maximum absolute atomic E-state index is 12.9. The summed E-state index contributed by atoms with van der Waals surface area (Å²) in [5.74, 6) is -0.0606. The highest BCUT2D eigenvalue weighted by atomic mass is 32.2. The van der Waals surface area contributed by atoms with Crippen LogP contribution in [0.25, 0.3) is 0 Å². The number of hydrogen-bond donors (Lipinski definition) is 1. The minimum atomic E-state index is -3.72. The molecule has 0 atom stereocenters. The van der Waals surface area contributed by atoms with E-state index in [2.05, 4.69) is 5.32 Å². The molecule has 2 amide bonds. The summed E-state index contributed by atoms with van der Waals surface area (Å²) in [7, 11) is -3.72. The van der Waals surface area contributed by atoms with Crippen molar-refractivity contribution < 1.29 is 22.7 Å². The van der Waals surface area contributed by atoms with Crippen LogP contribution in [0.1, 0.15) is 36.5 Å². The Bertz CT molecular complexity index is 1050. The van der Waals surface area contributed by atoms with Crippen LogP contribution in [-0.2, 0) is 14.8 Å². The molecule has 1 N–H and O–H groups in total. The molecule has 9 heteroatoms. The zero-order valence-corrected chi connectivity index (χ0v) is 19.2. The van der Waals surface area contributed by atoms with Crippen LogP contribution in [0.15, 0.2) is 48.5 Å². The molecule has 0 unspecified atom stereocenters. The fourth-order valence-corrected chi connectivity index (χ4v) is 4.50. The van der Waals surface area contributed by atoms with E-state index >= 15 is 0 Å². The van der Waals surface area contributed by atoms with E-state index in [4.69, 9.17) is 4.74 Å². The number of piperidine rings is 1. The lowest BCUT2D eigenvalue weighted by Crippen LogP contribution is -2.38.